The summed E-state index contributed by atoms with van der Waals surface area (Å²) < 4.78 is 0. The van der Waals surface area contributed by atoms with Gasteiger partial charge < -0.3 is 5.73 Å². The molecule has 1 aliphatic rings. The van der Waals surface area contributed by atoms with E-state index in [0.29, 0.717) is 6.04 Å². The van der Waals surface area contributed by atoms with E-state index in [1.165, 1.54) is 12.8 Å². The summed E-state index contributed by atoms with van der Waals surface area (Å²) in [5.41, 5.74) is 5.96. The summed E-state index contributed by atoms with van der Waals surface area (Å²) >= 11 is 1.72. The summed E-state index contributed by atoms with van der Waals surface area (Å²) in [5, 5.41) is 1.02. The Morgan fingerprint density at radius 1 is 1.62 bits per heavy atom. The number of hydrogen-bond acceptors (Lipinski definition) is 4. The normalized spacial score (nSPS) is 18.5. The van der Waals surface area contributed by atoms with Crippen LogP contribution in [0.5, 0.6) is 0 Å². The summed E-state index contributed by atoms with van der Waals surface area (Å²) in [6, 6.07) is 2.27. The Labute approximate surface area is 82.2 Å². The molecule has 1 fully saturated rings. The molecule has 1 aromatic rings. The number of thioether (sulfide) groups is 1. The lowest BCUT2D eigenvalue weighted by molar-refractivity contribution is 0.658. The van der Waals surface area contributed by atoms with Crippen LogP contribution in [0.25, 0.3) is 0 Å². The molecule has 1 saturated carbocycles. The van der Waals surface area contributed by atoms with E-state index >= 15 is 0 Å². The third kappa shape index (κ3) is 2.67. The Morgan fingerprint density at radius 3 is 3.08 bits per heavy atom. The average Bonchev–Trinajstić information content (AvgIpc) is 2.99. The van der Waals surface area contributed by atoms with Gasteiger partial charge in [0.25, 0.3) is 0 Å². The Kier molecular flexibility index (Phi) is 2.80. The Bertz CT molecular complexity index is 261. The van der Waals surface area contributed by atoms with Gasteiger partial charge in [-0.15, -0.1) is 11.8 Å². The molecule has 2 N–H and O–H groups in total. The molecule has 70 valence electrons. The van der Waals surface area contributed by atoms with Gasteiger partial charge in [0.05, 0.1) is 5.03 Å². The van der Waals surface area contributed by atoms with Crippen molar-refractivity contribution < 1.29 is 0 Å². The highest BCUT2D eigenvalue weighted by Crippen LogP contribution is 2.33. The van der Waals surface area contributed by atoms with Gasteiger partial charge in [-0.1, -0.05) is 0 Å². The van der Waals surface area contributed by atoms with Gasteiger partial charge in [0.15, 0.2) is 0 Å². The molecule has 1 heterocycles. The Hall–Kier alpha value is -0.610. The molecule has 13 heavy (non-hydrogen) atoms. The van der Waals surface area contributed by atoms with Crippen LogP contribution in [0.4, 0.5) is 0 Å². The SMILES string of the molecule is NC(CSc1ccncn1)C1CC1. The van der Waals surface area contributed by atoms with Crippen molar-refractivity contribution in [3.8, 4) is 0 Å². The molecule has 1 aromatic heterocycles. The molecule has 2 rings (SSSR count). The van der Waals surface area contributed by atoms with Gasteiger partial charge in [-0.3, -0.25) is 0 Å². The van der Waals surface area contributed by atoms with Gasteiger partial charge in [-0.05, 0) is 24.8 Å². The topological polar surface area (TPSA) is 51.8 Å². The van der Waals surface area contributed by atoms with E-state index in [-0.39, 0.29) is 0 Å². The van der Waals surface area contributed by atoms with Crippen molar-refractivity contribution in [2.45, 2.75) is 23.9 Å². The fourth-order valence-electron chi connectivity index (χ4n) is 1.21. The molecule has 1 aliphatic carbocycles. The van der Waals surface area contributed by atoms with Crippen LogP contribution in [-0.2, 0) is 0 Å². The summed E-state index contributed by atoms with van der Waals surface area (Å²) in [4.78, 5) is 7.99. The van der Waals surface area contributed by atoms with Gasteiger partial charge in [0.2, 0.25) is 0 Å². The molecule has 1 unspecified atom stereocenters. The van der Waals surface area contributed by atoms with Crippen LogP contribution in [0.3, 0.4) is 0 Å². The molecule has 0 saturated heterocycles. The largest absolute Gasteiger partial charge is 0.327 e. The summed E-state index contributed by atoms with van der Waals surface area (Å²) in [6.45, 7) is 0. The van der Waals surface area contributed by atoms with Gasteiger partial charge in [0, 0.05) is 18.0 Å². The van der Waals surface area contributed by atoms with Crippen LogP contribution in [0, 0.1) is 5.92 Å². The summed E-state index contributed by atoms with van der Waals surface area (Å²) in [5.74, 6) is 1.75. The molecule has 3 nitrogen and oxygen atoms in total. The highest BCUT2D eigenvalue weighted by molar-refractivity contribution is 7.99. The maximum atomic E-state index is 5.96. The lowest BCUT2D eigenvalue weighted by Gasteiger charge is -2.07. The molecule has 0 aromatic carbocycles. The third-order valence-electron chi connectivity index (χ3n) is 2.21. The van der Waals surface area contributed by atoms with Gasteiger partial charge >= 0.3 is 0 Å². The van der Waals surface area contributed by atoms with Gasteiger partial charge in [0.1, 0.15) is 6.33 Å². The standard InChI is InChI=1S/C9H13N3S/c10-8(7-1-2-7)5-13-9-3-4-11-6-12-9/h3-4,6-8H,1-2,5,10H2. The number of rotatable bonds is 4. The van der Waals surface area contributed by atoms with E-state index in [4.69, 9.17) is 5.73 Å². The molecule has 4 heteroatoms. The number of nitrogens with zero attached hydrogens (tertiary/aromatic N) is 2. The van der Waals surface area contributed by atoms with Crippen LogP contribution >= 0.6 is 11.8 Å². The predicted molar refractivity (Wildman–Crippen MR) is 53.5 cm³/mol. The summed E-state index contributed by atoms with van der Waals surface area (Å²) in [7, 11) is 0. The monoisotopic (exact) mass is 195 g/mol. The highest BCUT2D eigenvalue weighted by atomic mass is 32.2. The van der Waals surface area contributed by atoms with E-state index in [1.807, 2.05) is 6.07 Å². The fourth-order valence-corrected chi connectivity index (χ4v) is 2.12. The first-order valence-corrected chi connectivity index (χ1v) is 5.49. The summed E-state index contributed by atoms with van der Waals surface area (Å²) in [6.07, 6.45) is 5.96. The quantitative estimate of drug-likeness (QED) is 0.581. The fraction of sp³-hybridized carbons (Fsp3) is 0.556. The molecule has 0 aliphatic heterocycles. The zero-order chi connectivity index (χ0) is 9.10. The molecule has 0 bridgehead atoms. The lowest BCUT2D eigenvalue weighted by Crippen LogP contribution is -2.25. The van der Waals surface area contributed by atoms with E-state index in [9.17, 15) is 0 Å². The second-order valence-electron chi connectivity index (χ2n) is 3.36. The highest BCUT2D eigenvalue weighted by Gasteiger charge is 2.28. The van der Waals surface area contributed by atoms with Crippen molar-refractivity contribution in [3.05, 3.63) is 18.6 Å². The van der Waals surface area contributed by atoms with E-state index in [1.54, 1.807) is 24.3 Å². The van der Waals surface area contributed by atoms with E-state index in [0.717, 1.165) is 16.7 Å². The molecular weight excluding hydrogens is 182 g/mol. The van der Waals surface area contributed by atoms with Crippen LogP contribution < -0.4 is 5.73 Å². The minimum Gasteiger partial charge on any atom is -0.327 e. The smallest absolute Gasteiger partial charge is 0.116 e. The van der Waals surface area contributed by atoms with Crippen LogP contribution in [0.1, 0.15) is 12.8 Å². The minimum atomic E-state index is 0.347. The molecule has 0 amide bonds. The lowest BCUT2D eigenvalue weighted by atomic mass is 10.2. The molecule has 0 radical (unpaired) electrons. The maximum Gasteiger partial charge on any atom is 0.116 e. The molecule has 1 atom stereocenters. The average molecular weight is 195 g/mol. The van der Waals surface area contributed by atoms with Crippen LogP contribution in [0.2, 0.25) is 0 Å². The first kappa shape index (κ1) is 8.97. The first-order chi connectivity index (χ1) is 6.36. The van der Waals surface area contributed by atoms with E-state index < -0.39 is 0 Å². The van der Waals surface area contributed by atoms with Crippen molar-refractivity contribution in [3.63, 3.8) is 0 Å². The molecule has 0 spiro atoms. The van der Waals surface area contributed by atoms with E-state index in [2.05, 4.69) is 9.97 Å². The maximum absolute atomic E-state index is 5.96. The van der Waals surface area contributed by atoms with Crippen LogP contribution in [-0.4, -0.2) is 21.8 Å². The van der Waals surface area contributed by atoms with Crippen molar-refractivity contribution >= 4 is 11.8 Å². The van der Waals surface area contributed by atoms with Gasteiger partial charge in [-0.25, -0.2) is 9.97 Å². The first-order valence-electron chi connectivity index (χ1n) is 4.50. The number of nitrogens with two attached hydrogens (primary N) is 1. The Balaban J connectivity index is 1.78. The number of hydrogen-bond donors (Lipinski definition) is 1. The zero-order valence-electron chi connectivity index (χ0n) is 7.39. The Morgan fingerprint density at radius 2 is 2.46 bits per heavy atom. The predicted octanol–water partition coefficient (Wildman–Crippen LogP) is 1.31. The van der Waals surface area contributed by atoms with Gasteiger partial charge in [-0.2, -0.15) is 0 Å². The third-order valence-corrected chi connectivity index (χ3v) is 3.29. The van der Waals surface area contributed by atoms with Crippen molar-refractivity contribution in [1.82, 2.24) is 9.97 Å². The van der Waals surface area contributed by atoms with Crippen molar-refractivity contribution in [2.75, 3.05) is 5.75 Å². The minimum absolute atomic E-state index is 0.347. The zero-order valence-corrected chi connectivity index (χ0v) is 8.20. The second kappa shape index (κ2) is 4.07. The second-order valence-corrected chi connectivity index (χ2v) is 4.40. The number of aromatic nitrogens is 2. The van der Waals surface area contributed by atoms with Crippen molar-refractivity contribution in [1.29, 1.82) is 0 Å². The van der Waals surface area contributed by atoms with Crippen LogP contribution in [0.15, 0.2) is 23.6 Å². The molecular formula is C9H13N3S. The van der Waals surface area contributed by atoms with Crippen molar-refractivity contribution in [2.24, 2.45) is 11.7 Å².